The van der Waals surface area contributed by atoms with Gasteiger partial charge in [-0.05, 0) is 24.3 Å². The first-order valence-corrected chi connectivity index (χ1v) is 6.96. The van der Waals surface area contributed by atoms with E-state index in [9.17, 15) is 8.42 Å². The Morgan fingerprint density at radius 1 is 1.29 bits per heavy atom. The van der Waals surface area contributed by atoms with Crippen LogP contribution in [0, 0.1) is 0 Å². The number of benzene rings is 1. The number of nitrogens with zero attached hydrogens (tertiary/aromatic N) is 2. The van der Waals surface area contributed by atoms with Crippen LogP contribution >= 0.6 is 11.6 Å². The molecule has 90 valence electrons. The molecule has 2 aromatic rings. The van der Waals surface area contributed by atoms with E-state index < -0.39 is 9.84 Å². The van der Waals surface area contributed by atoms with E-state index in [1.54, 1.807) is 36.1 Å². The standard InChI is InChI=1S/C11H11ClN2O2S/c1-14-7-6-13-11(14)8-17(15,16)10-4-2-9(12)3-5-10/h2-7H,8H2,1H3. The van der Waals surface area contributed by atoms with Gasteiger partial charge < -0.3 is 4.57 Å². The molecule has 0 aliphatic rings. The second kappa shape index (κ2) is 4.50. The van der Waals surface area contributed by atoms with Gasteiger partial charge in [-0.25, -0.2) is 13.4 Å². The van der Waals surface area contributed by atoms with Crippen LogP contribution in [-0.2, 0) is 22.6 Å². The molecule has 0 spiro atoms. The van der Waals surface area contributed by atoms with E-state index in [4.69, 9.17) is 11.6 Å². The maximum atomic E-state index is 12.1. The zero-order valence-electron chi connectivity index (χ0n) is 9.17. The normalized spacial score (nSPS) is 11.6. The van der Waals surface area contributed by atoms with Crippen LogP contribution in [0.4, 0.5) is 0 Å². The van der Waals surface area contributed by atoms with Crippen molar-refractivity contribution in [2.45, 2.75) is 10.6 Å². The molecule has 0 aliphatic heterocycles. The first kappa shape index (κ1) is 12.1. The fourth-order valence-electron chi connectivity index (χ4n) is 1.43. The molecule has 1 aromatic heterocycles. The van der Waals surface area contributed by atoms with E-state index in [2.05, 4.69) is 4.98 Å². The molecule has 0 saturated carbocycles. The summed E-state index contributed by atoms with van der Waals surface area (Å²) in [6.07, 6.45) is 3.29. The highest BCUT2D eigenvalue weighted by molar-refractivity contribution is 7.90. The second-order valence-electron chi connectivity index (χ2n) is 3.67. The monoisotopic (exact) mass is 270 g/mol. The van der Waals surface area contributed by atoms with Crippen LogP contribution in [0.3, 0.4) is 0 Å². The van der Waals surface area contributed by atoms with E-state index >= 15 is 0 Å². The van der Waals surface area contributed by atoms with Gasteiger partial charge in [0.15, 0.2) is 9.84 Å². The Morgan fingerprint density at radius 3 is 2.47 bits per heavy atom. The van der Waals surface area contributed by atoms with Gasteiger partial charge in [0, 0.05) is 24.5 Å². The van der Waals surface area contributed by atoms with Crippen molar-refractivity contribution in [3.8, 4) is 0 Å². The highest BCUT2D eigenvalue weighted by atomic mass is 35.5. The summed E-state index contributed by atoms with van der Waals surface area (Å²) >= 11 is 5.72. The van der Waals surface area contributed by atoms with Crippen LogP contribution < -0.4 is 0 Å². The molecule has 0 saturated heterocycles. The number of halogens is 1. The first-order chi connectivity index (χ1) is 7.99. The van der Waals surface area contributed by atoms with Gasteiger partial charge in [0.1, 0.15) is 11.6 Å². The predicted octanol–water partition coefficient (Wildman–Crippen LogP) is 2.05. The Bertz CT molecular complexity index is 617. The van der Waals surface area contributed by atoms with Crippen molar-refractivity contribution in [3.05, 3.63) is 47.5 Å². The minimum absolute atomic E-state index is 0.113. The van der Waals surface area contributed by atoms with E-state index in [0.717, 1.165) is 0 Å². The molecular formula is C11H11ClN2O2S. The zero-order valence-corrected chi connectivity index (χ0v) is 10.7. The number of sulfone groups is 1. The van der Waals surface area contributed by atoms with Crippen molar-refractivity contribution in [1.29, 1.82) is 0 Å². The van der Waals surface area contributed by atoms with Gasteiger partial charge in [-0.3, -0.25) is 0 Å². The number of rotatable bonds is 3. The van der Waals surface area contributed by atoms with E-state index in [0.29, 0.717) is 10.8 Å². The maximum Gasteiger partial charge on any atom is 0.185 e. The number of imidazole rings is 1. The fraction of sp³-hybridized carbons (Fsp3) is 0.182. The van der Waals surface area contributed by atoms with Crippen molar-refractivity contribution < 1.29 is 8.42 Å². The fourth-order valence-corrected chi connectivity index (χ4v) is 2.89. The number of aromatic nitrogens is 2. The van der Waals surface area contributed by atoms with Crippen LogP contribution in [0.25, 0.3) is 0 Å². The van der Waals surface area contributed by atoms with Crippen LogP contribution in [0.1, 0.15) is 5.82 Å². The van der Waals surface area contributed by atoms with Crippen LogP contribution in [0.15, 0.2) is 41.6 Å². The summed E-state index contributed by atoms with van der Waals surface area (Å²) in [5.41, 5.74) is 0. The summed E-state index contributed by atoms with van der Waals surface area (Å²) < 4.78 is 25.8. The Balaban J connectivity index is 2.31. The quantitative estimate of drug-likeness (QED) is 0.858. The molecule has 4 nitrogen and oxygen atoms in total. The maximum absolute atomic E-state index is 12.1. The number of aryl methyl sites for hydroxylation is 1. The smallest absolute Gasteiger partial charge is 0.185 e. The average molecular weight is 271 g/mol. The van der Waals surface area contributed by atoms with Crippen LogP contribution in [0.2, 0.25) is 5.02 Å². The lowest BCUT2D eigenvalue weighted by molar-refractivity contribution is 0.592. The molecule has 0 N–H and O–H groups in total. The average Bonchev–Trinajstić information content (AvgIpc) is 2.64. The highest BCUT2D eigenvalue weighted by Crippen LogP contribution is 2.18. The molecule has 0 amide bonds. The Kier molecular flexibility index (Phi) is 3.22. The lowest BCUT2D eigenvalue weighted by Crippen LogP contribution is -2.09. The minimum Gasteiger partial charge on any atom is -0.337 e. The summed E-state index contributed by atoms with van der Waals surface area (Å²) in [7, 11) is -1.60. The lowest BCUT2D eigenvalue weighted by atomic mass is 10.4. The van der Waals surface area contributed by atoms with Crippen LogP contribution in [-0.4, -0.2) is 18.0 Å². The lowest BCUT2D eigenvalue weighted by Gasteiger charge is -2.04. The van der Waals surface area contributed by atoms with Crippen molar-refractivity contribution in [3.63, 3.8) is 0 Å². The minimum atomic E-state index is -3.36. The van der Waals surface area contributed by atoms with Gasteiger partial charge in [-0.15, -0.1) is 0 Å². The topological polar surface area (TPSA) is 52.0 Å². The Labute approximate surface area is 105 Å². The van der Waals surface area contributed by atoms with Gasteiger partial charge in [0.25, 0.3) is 0 Å². The number of hydrogen-bond acceptors (Lipinski definition) is 3. The molecule has 0 radical (unpaired) electrons. The molecule has 0 bridgehead atoms. The molecule has 0 fully saturated rings. The summed E-state index contributed by atoms with van der Waals surface area (Å²) in [5.74, 6) is 0.401. The van der Waals surface area contributed by atoms with Crippen molar-refractivity contribution >= 4 is 21.4 Å². The highest BCUT2D eigenvalue weighted by Gasteiger charge is 2.17. The summed E-state index contributed by atoms with van der Waals surface area (Å²) in [6, 6.07) is 6.13. The summed E-state index contributed by atoms with van der Waals surface area (Å²) in [4.78, 5) is 4.26. The van der Waals surface area contributed by atoms with Crippen molar-refractivity contribution in [1.82, 2.24) is 9.55 Å². The SMILES string of the molecule is Cn1ccnc1CS(=O)(=O)c1ccc(Cl)cc1. The Hall–Kier alpha value is -1.33. The third kappa shape index (κ3) is 2.68. The third-order valence-corrected chi connectivity index (χ3v) is 4.29. The van der Waals surface area contributed by atoms with E-state index in [1.165, 1.54) is 12.1 Å². The zero-order chi connectivity index (χ0) is 12.5. The number of hydrogen-bond donors (Lipinski definition) is 0. The molecule has 0 aliphatic carbocycles. The third-order valence-electron chi connectivity index (χ3n) is 2.41. The van der Waals surface area contributed by atoms with Gasteiger partial charge in [0.05, 0.1) is 4.90 Å². The van der Waals surface area contributed by atoms with Gasteiger partial charge >= 0.3 is 0 Å². The molecule has 2 rings (SSSR count). The molecule has 17 heavy (non-hydrogen) atoms. The molecule has 6 heteroatoms. The predicted molar refractivity (Wildman–Crippen MR) is 65.5 cm³/mol. The molecule has 0 atom stereocenters. The van der Waals surface area contributed by atoms with Crippen molar-refractivity contribution in [2.24, 2.45) is 7.05 Å². The molecule has 1 heterocycles. The second-order valence-corrected chi connectivity index (χ2v) is 6.09. The van der Waals surface area contributed by atoms with Gasteiger partial charge in [-0.2, -0.15) is 0 Å². The summed E-state index contributed by atoms with van der Waals surface area (Å²) in [5, 5.41) is 0.515. The Morgan fingerprint density at radius 2 is 1.94 bits per heavy atom. The summed E-state index contributed by atoms with van der Waals surface area (Å²) in [6.45, 7) is 0. The molecular weight excluding hydrogens is 260 g/mol. The van der Waals surface area contributed by atoms with Gasteiger partial charge in [-0.1, -0.05) is 11.6 Å². The first-order valence-electron chi connectivity index (χ1n) is 4.93. The van der Waals surface area contributed by atoms with E-state index in [-0.39, 0.29) is 10.6 Å². The van der Waals surface area contributed by atoms with Gasteiger partial charge in [0.2, 0.25) is 0 Å². The van der Waals surface area contributed by atoms with E-state index in [1.807, 2.05) is 0 Å². The van der Waals surface area contributed by atoms with Crippen LogP contribution in [0.5, 0.6) is 0 Å². The molecule has 0 unspecified atom stereocenters. The largest absolute Gasteiger partial charge is 0.337 e. The molecule has 1 aromatic carbocycles. The van der Waals surface area contributed by atoms with Crippen molar-refractivity contribution in [2.75, 3.05) is 0 Å².